The molecule has 1 rings (SSSR count). The summed E-state index contributed by atoms with van der Waals surface area (Å²) in [4.78, 5) is 20.6. The molecule has 0 heterocycles. The third-order valence-corrected chi connectivity index (χ3v) is 2.59. The minimum atomic E-state index is 0.167. The number of carbonyl (C=O) groups excluding carboxylic acids is 2. The molecule has 0 aliphatic heterocycles. The quantitative estimate of drug-likeness (QED) is 0.668. The van der Waals surface area contributed by atoms with Gasteiger partial charge >= 0.3 is 0 Å². The van der Waals surface area contributed by atoms with E-state index in [0.29, 0.717) is 11.7 Å². The molecule has 0 amide bonds. The maximum Gasteiger partial charge on any atom is 0.135 e. The average Bonchev–Trinajstić information content (AvgIpc) is 2.51. The second-order valence-corrected chi connectivity index (χ2v) is 4.46. The molecule has 1 aliphatic rings. The molecule has 1 unspecified atom stereocenters. The lowest BCUT2D eigenvalue weighted by molar-refractivity contribution is -0.120. The summed E-state index contributed by atoms with van der Waals surface area (Å²) < 4.78 is 0. The Morgan fingerprint density at radius 1 is 1.33 bits per heavy atom. The monoisotopic (exact) mass is 212 g/mol. The molecule has 1 aliphatic carbocycles. The lowest BCUT2D eigenvalue weighted by Gasteiger charge is -2.05. The third-order valence-electron chi connectivity index (χ3n) is 2.59. The summed E-state index contributed by atoms with van der Waals surface area (Å²) in [5, 5.41) is 0. The minimum Gasteiger partial charge on any atom is -0.300 e. The second kappa shape index (κ2) is 8.63. The summed E-state index contributed by atoms with van der Waals surface area (Å²) in [6.45, 7) is 5.26. The van der Waals surface area contributed by atoms with Crippen LogP contribution in [0.5, 0.6) is 0 Å². The molecular weight excluding hydrogens is 188 g/mol. The van der Waals surface area contributed by atoms with E-state index in [1.807, 2.05) is 0 Å². The lowest BCUT2D eigenvalue weighted by atomic mass is 9.99. The molecule has 15 heavy (non-hydrogen) atoms. The maximum atomic E-state index is 11.2. The number of hydrogen-bond acceptors (Lipinski definition) is 2. The fourth-order valence-corrected chi connectivity index (χ4v) is 1.83. The highest BCUT2D eigenvalue weighted by molar-refractivity contribution is 5.82. The second-order valence-electron chi connectivity index (χ2n) is 4.46. The molecule has 1 saturated carbocycles. The Bertz CT molecular complexity index is 193. The summed E-state index contributed by atoms with van der Waals surface area (Å²) in [5.41, 5.74) is 0. The number of unbranched alkanes of at least 4 members (excludes halogenated alkanes) is 2. The van der Waals surface area contributed by atoms with E-state index >= 15 is 0 Å². The summed E-state index contributed by atoms with van der Waals surface area (Å²) in [7, 11) is 0. The Morgan fingerprint density at radius 3 is 2.33 bits per heavy atom. The number of carbonyl (C=O) groups is 2. The van der Waals surface area contributed by atoms with Crippen LogP contribution in [0, 0.1) is 5.92 Å². The molecule has 0 aromatic heterocycles. The van der Waals surface area contributed by atoms with Crippen molar-refractivity contribution in [2.45, 2.75) is 65.7 Å². The first-order valence-corrected chi connectivity index (χ1v) is 6.07. The molecule has 0 N–H and O–H groups in total. The van der Waals surface area contributed by atoms with Crippen molar-refractivity contribution in [2.75, 3.05) is 0 Å². The number of Topliss-reactive ketones (excluding diaryl/α,β-unsaturated/α-hetero) is 2. The predicted octanol–water partition coefficient (Wildman–Crippen LogP) is 3.53. The van der Waals surface area contributed by atoms with Crippen molar-refractivity contribution in [3.05, 3.63) is 0 Å². The van der Waals surface area contributed by atoms with E-state index in [1.54, 1.807) is 0 Å². The summed E-state index contributed by atoms with van der Waals surface area (Å²) >= 11 is 0. The SMILES string of the molecule is CC(C)=O.CCCCCC1CCCC1=O. The van der Waals surface area contributed by atoms with E-state index in [9.17, 15) is 9.59 Å². The van der Waals surface area contributed by atoms with E-state index < -0.39 is 0 Å². The molecule has 2 nitrogen and oxygen atoms in total. The van der Waals surface area contributed by atoms with Gasteiger partial charge in [-0.15, -0.1) is 0 Å². The Labute approximate surface area is 93.4 Å². The molecule has 0 radical (unpaired) electrons. The van der Waals surface area contributed by atoms with Gasteiger partial charge < -0.3 is 4.79 Å². The van der Waals surface area contributed by atoms with Crippen LogP contribution in [0.3, 0.4) is 0 Å². The van der Waals surface area contributed by atoms with Crippen molar-refractivity contribution in [1.29, 1.82) is 0 Å². The molecule has 1 fully saturated rings. The molecule has 2 heteroatoms. The predicted molar refractivity (Wildman–Crippen MR) is 62.8 cm³/mol. The van der Waals surface area contributed by atoms with Crippen molar-refractivity contribution in [3.63, 3.8) is 0 Å². The van der Waals surface area contributed by atoms with E-state index in [2.05, 4.69) is 6.92 Å². The largest absolute Gasteiger partial charge is 0.300 e. The fourth-order valence-electron chi connectivity index (χ4n) is 1.83. The molecule has 0 spiro atoms. The molecule has 88 valence electrons. The van der Waals surface area contributed by atoms with Gasteiger partial charge in [0, 0.05) is 12.3 Å². The van der Waals surface area contributed by atoms with Crippen molar-refractivity contribution < 1.29 is 9.59 Å². The van der Waals surface area contributed by atoms with Crippen LogP contribution < -0.4 is 0 Å². The van der Waals surface area contributed by atoms with Gasteiger partial charge in [0.05, 0.1) is 0 Å². The normalized spacial score (nSPS) is 19.7. The van der Waals surface area contributed by atoms with Gasteiger partial charge in [0.2, 0.25) is 0 Å². The smallest absolute Gasteiger partial charge is 0.135 e. The van der Waals surface area contributed by atoms with Crippen molar-refractivity contribution in [3.8, 4) is 0 Å². The number of rotatable bonds is 4. The van der Waals surface area contributed by atoms with E-state index in [0.717, 1.165) is 19.3 Å². The van der Waals surface area contributed by atoms with Gasteiger partial charge in [-0.2, -0.15) is 0 Å². The van der Waals surface area contributed by atoms with E-state index in [1.165, 1.54) is 39.5 Å². The molecule has 0 aromatic rings. The van der Waals surface area contributed by atoms with Crippen molar-refractivity contribution in [2.24, 2.45) is 5.92 Å². The first kappa shape index (κ1) is 14.3. The molecule has 0 saturated heterocycles. The van der Waals surface area contributed by atoms with Gasteiger partial charge in [-0.1, -0.05) is 26.2 Å². The van der Waals surface area contributed by atoms with Gasteiger partial charge in [0.1, 0.15) is 11.6 Å². The highest BCUT2D eigenvalue weighted by Crippen LogP contribution is 2.25. The molecule has 1 atom stereocenters. The Morgan fingerprint density at radius 2 is 1.93 bits per heavy atom. The van der Waals surface area contributed by atoms with Crippen LogP contribution in [0.1, 0.15) is 65.7 Å². The van der Waals surface area contributed by atoms with Crippen LogP contribution in [0.25, 0.3) is 0 Å². The van der Waals surface area contributed by atoms with Crippen LogP contribution in [0.2, 0.25) is 0 Å². The topological polar surface area (TPSA) is 34.1 Å². The molecular formula is C13H24O2. The zero-order valence-electron chi connectivity index (χ0n) is 10.3. The van der Waals surface area contributed by atoms with Crippen molar-refractivity contribution >= 4 is 11.6 Å². The molecule has 0 bridgehead atoms. The van der Waals surface area contributed by atoms with E-state index in [-0.39, 0.29) is 5.78 Å². The van der Waals surface area contributed by atoms with Crippen LogP contribution in [-0.4, -0.2) is 11.6 Å². The van der Waals surface area contributed by atoms with E-state index in [4.69, 9.17) is 0 Å². The Kier molecular flexibility index (Phi) is 8.25. The minimum absolute atomic E-state index is 0.167. The third kappa shape index (κ3) is 8.34. The van der Waals surface area contributed by atoms with Gasteiger partial charge in [-0.05, 0) is 33.1 Å². The lowest BCUT2D eigenvalue weighted by Crippen LogP contribution is -2.05. The number of ketones is 2. The van der Waals surface area contributed by atoms with Gasteiger partial charge in [-0.25, -0.2) is 0 Å². The highest BCUT2D eigenvalue weighted by atomic mass is 16.1. The maximum absolute atomic E-state index is 11.2. The van der Waals surface area contributed by atoms with Crippen LogP contribution in [0.15, 0.2) is 0 Å². The standard InChI is InChI=1S/C10H18O.C3H6O/c1-2-3-4-6-9-7-5-8-10(9)11;1-3(2)4/h9H,2-8H2,1H3;1-2H3. The Hall–Kier alpha value is -0.660. The zero-order valence-corrected chi connectivity index (χ0v) is 10.3. The van der Waals surface area contributed by atoms with Crippen LogP contribution in [0.4, 0.5) is 0 Å². The van der Waals surface area contributed by atoms with Crippen molar-refractivity contribution in [1.82, 2.24) is 0 Å². The van der Waals surface area contributed by atoms with Gasteiger partial charge in [-0.3, -0.25) is 4.79 Å². The van der Waals surface area contributed by atoms with Crippen LogP contribution >= 0.6 is 0 Å². The summed E-state index contributed by atoms with van der Waals surface area (Å²) in [5.74, 6) is 1.14. The average molecular weight is 212 g/mol. The fraction of sp³-hybridized carbons (Fsp3) is 0.846. The first-order chi connectivity index (χ1) is 7.07. The Balaban J connectivity index is 0.000000423. The summed E-state index contributed by atoms with van der Waals surface area (Å²) in [6, 6.07) is 0. The molecule has 0 aromatic carbocycles. The number of hydrogen-bond donors (Lipinski definition) is 0. The highest BCUT2D eigenvalue weighted by Gasteiger charge is 2.22. The summed E-state index contributed by atoms with van der Waals surface area (Å²) in [6.07, 6.45) is 8.15. The zero-order chi connectivity index (χ0) is 11.7. The van der Waals surface area contributed by atoms with Gasteiger partial charge in [0.15, 0.2) is 0 Å². The van der Waals surface area contributed by atoms with Gasteiger partial charge in [0.25, 0.3) is 0 Å². The first-order valence-electron chi connectivity index (χ1n) is 6.07. The van der Waals surface area contributed by atoms with Crippen LogP contribution in [-0.2, 0) is 9.59 Å².